The van der Waals surface area contributed by atoms with Gasteiger partial charge in [0.25, 0.3) is 0 Å². The first-order valence-electron chi connectivity index (χ1n) is 9.09. The van der Waals surface area contributed by atoms with Crippen molar-refractivity contribution >= 4 is 34.9 Å². The molecule has 2 aliphatic rings. The number of rotatable bonds is 0. The molecule has 6 rings (SSSR count). The van der Waals surface area contributed by atoms with Crippen LogP contribution in [0.25, 0.3) is 0 Å². The molecule has 4 heteroatoms. The Kier molecular flexibility index (Phi) is 3.67. The minimum absolute atomic E-state index is 1.05. The van der Waals surface area contributed by atoms with Crippen LogP contribution in [-0.4, -0.2) is 0 Å². The summed E-state index contributed by atoms with van der Waals surface area (Å²) in [5.41, 5.74) is 2.11. The lowest BCUT2D eigenvalue weighted by Gasteiger charge is -2.12. The summed E-state index contributed by atoms with van der Waals surface area (Å²) in [4.78, 5) is 14.4. The molecule has 0 amide bonds. The summed E-state index contributed by atoms with van der Waals surface area (Å²) in [7, 11) is 0. The summed E-state index contributed by atoms with van der Waals surface area (Å²) in [6, 6.07) is 29.7. The van der Waals surface area contributed by atoms with Gasteiger partial charge in [-0.3, -0.25) is 0 Å². The Balaban J connectivity index is 1.54. The second-order valence-electron chi connectivity index (χ2n) is 6.73. The van der Waals surface area contributed by atoms with Crippen molar-refractivity contribution in [2.45, 2.75) is 19.6 Å². The predicted molar refractivity (Wildman–Crippen MR) is 113 cm³/mol. The molecule has 0 aliphatic carbocycles. The second kappa shape index (κ2) is 6.36. The normalized spacial score (nSPS) is 14.6. The topological polar surface area (TPSA) is 24.7 Å². The van der Waals surface area contributed by atoms with Crippen molar-refractivity contribution in [1.29, 1.82) is 0 Å². The summed E-state index contributed by atoms with van der Waals surface area (Å²) in [6.45, 7) is 0. The van der Waals surface area contributed by atoms with E-state index in [4.69, 9.17) is 9.98 Å². The van der Waals surface area contributed by atoms with Crippen LogP contribution < -0.4 is 10.7 Å². The molecule has 4 aromatic carbocycles. The summed E-state index contributed by atoms with van der Waals surface area (Å²) >= 11 is 3.59. The number of fused-ring (bicyclic) bond motifs is 4. The van der Waals surface area contributed by atoms with Gasteiger partial charge in [0.1, 0.15) is 0 Å². The van der Waals surface area contributed by atoms with Crippen molar-refractivity contribution in [1.82, 2.24) is 0 Å². The molecule has 132 valence electrons. The minimum Gasteiger partial charge on any atom is -0.247 e. The molecule has 2 nitrogen and oxygen atoms in total. The van der Waals surface area contributed by atoms with Gasteiger partial charge in [-0.1, -0.05) is 59.9 Å². The van der Waals surface area contributed by atoms with E-state index in [-0.39, 0.29) is 0 Å². The van der Waals surface area contributed by atoms with Gasteiger partial charge < -0.3 is 0 Å². The van der Waals surface area contributed by atoms with Crippen molar-refractivity contribution < 1.29 is 0 Å². The lowest BCUT2D eigenvalue weighted by molar-refractivity contribution is 1.14. The Labute approximate surface area is 170 Å². The SMILES string of the molecule is c1ccc2c(c1)N=c1ccc(=c3ccc4c(c3)Sc3ccccc3N=4)cc1S2. The van der Waals surface area contributed by atoms with Gasteiger partial charge in [0.15, 0.2) is 0 Å². The van der Waals surface area contributed by atoms with E-state index in [2.05, 4.69) is 72.8 Å². The lowest BCUT2D eigenvalue weighted by atomic mass is 10.2. The van der Waals surface area contributed by atoms with Crippen LogP contribution in [0.15, 0.2) is 114 Å². The van der Waals surface area contributed by atoms with Gasteiger partial charge in [0.05, 0.1) is 22.1 Å². The minimum atomic E-state index is 1.05. The highest BCUT2D eigenvalue weighted by molar-refractivity contribution is 7.99. The Morgan fingerprint density at radius 1 is 0.464 bits per heavy atom. The Hall–Kier alpha value is -2.82. The molecule has 28 heavy (non-hydrogen) atoms. The lowest BCUT2D eigenvalue weighted by Crippen LogP contribution is -2.08. The predicted octanol–water partition coefficient (Wildman–Crippen LogP) is 5.81. The van der Waals surface area contributed by atoms with E-state index >= 15 is 0 Å². The van der Waals surface area contributed by atoms with E-state index < -0.39 is 0 Å². The van der Waals surface area contributed by atoms with Crippen LogP contribution in [0.2, 0.25) is 0 Å². The fourth-order valence-electron chi connectivity index (χ4n) is 3.50. The molecule has 0 aromatic heterocycles. The fraction of sp³-hybridized carbons (Fsp3) is 0. The molecule has 0 unspecified atom stereocenters. The molecule has 0 atom stereocenters. The van der Waals surface area contributed by atoms with Gasteiger partial charge in [-0.15, -0.1) is 0 Å². The quantitative estimate of drug-likeness (QED) is 0.325. The van der Waals surface area contributed by atoms with E-state index in [9.17, 15) is 0 Å². The third-order valence-corrected chi connectivity index (χ3v) is 7.13. The zero-order chi connectivity index (χ0) is 18.5. The zero-order valence-corrected chi connectivity index (χ0v) is 16.4. The van der Waals surface area contributed by atoms with Crippen molar-refractivity contribution in [2.24, 2.45) is 9.98 Å². The van der Waals surface area contributed by atoms with E-state index in [0.29, 0.717) is 0 Å². The van der Waals surface area contributed by atoms with Crippen LogP contribution in [0.3, 0.4) is 0 Å². The Morgan fingerprint density at radius 2 is 0.929 bits per heavy atom. The number of para-hydroxylation sites is 2. The molecule has 4 aromatic rings. The van der Waals surface area contributed by atoms with Gasteiger partial charge in [0.2, 0.25) is 0 Å². The average Bonchev–Trinajstić information content (AvgIpc) is 2.75. The summed E-state index contributed by atoms with van der Waals surface area (Å²) < 4.78 is 0. The molecule has 0 radical (unpaired) electrons. The molecule has 2 heterocycles. The summed E-state index contributed by atoms with van der Waals surface area (Å²) in [5.74, 6) is 0. The van der Waals surface area contributed by atoms with Crippen molar-refractivity contribution in [3.63, 3.8) is 0 Å². The second-order valence-corrected chi connectivity index (χ2v) is 8.90. The van der Waals surface area contributed by atoms with Crippen molar-refractivity contribution in [3.05, 3.63) is 106 Å². The molecular weight excluding hydrogens is 380 g/mol. The molecule has 2 aliphatic heterocycles. The number of hydrogen-bond acceptors (Lipinski definition) is 4. The molecular formula is C24H14N2S2. The van der Waals surface area contributed by atoms with Crippen LogP contribution in [0, 0.1) is 10.4 Å². The van der Waals surface area contributed by atoms with Crippen LogP contribution in [-0.2, 0) is 0 Å². The van der Waals surface area contributed by atoms with Gasteiger partial charge in [-0.05, 0) is 59.0 Å². The Bertz CT molecular complexity index is 1360. The maximum absolute atomic E-state index is 4.80. The molecule has 0 saturated heterocycles. The van der Waals surface area contributed by atoms with E-state index in [0.717, 1.165) is 22.1 Å². The van der Waals surface area contributed by atoms with E-state index in [1.54, 1.807) is 23.5 Å². The van der Waals surface area contributed by atoms with Crippen molar-refractivity contribution in [3.8, 4) is 0 Å². The number of benzene rings is 4. The zero-order valence-electron chi connectivity index (χ0n) is 14.8. The Morgan fingerprint density at radius 3 is 1.43 bits per heavy atom. The highest BCUT2D eigenvalue weighted by Crippen LogP contribution is 2.37. The van der Waals surface area contributed by atoms with Gasteiger partial charge >= 0.3 is 0 Å². The fourth-order valence-corrected chi connectivity index (χ4v) is 5.52. The molecule has 0 fully saturated rings. The van der Waals surface area contributed by atoms with Crippen LogP contribution in [0.4, 0.5) is 11.4 Å². The van der Waals surface area contributed by atoms with Gasteiger partial charge in [0, 0.05) is 19.6 Å². The molecule has 0 spiro atoms. The molecule has 0 N–H and O–H groups in total. The number of hydrogen-bond donors (Lipinski definition) is 0. The van der Waals surface area contributed by atoms with Crippen LogP contribution >= 0.6 is 23.5 Å². The first-order chi connectivity index (χ1) is 13.8. The van der Waals surface area contributed by atoms with Crippen LogP contribution in [0.5, 0.6) is 0 Å². The van der Waals surface area contributed by atoms with Gasteiger partial charge in [-0.2, -0.15) is 0 Å². The third kappa shape index (κ3) is 2.68. The smallest absolute Gasteiger partial charge is 0.0777 e. The maximum Gasteiger partial charge on any atom is 0.0777 e. The largest absolute Gasteiger partial charge is 0.247 e. The first kappa shape index (κ1) is 16.2. The first-order valence-corrected chi connectivity index (χ1v) is 10.7. The van der Waals surface area contributed by atoms with E-state index in [1.807, 2.05) is 12.1 Å². The molecule has 0 bridgehead atoms. The number of nitrogens with zero attached hydrogens (tertiary/aromatic N) is 2. The van der Waals surface area contributed by atoms with E-state index in [1.165, 1.54) is 30.0 Å². The molecule has 0 saturated carbocycles. The third-order valence-electron chi connectivity index (χ3n) is 4.91. The highest BCUT2D eigenvalue weighted by atomic mass is 32.2. The summed E-state index contributed by atoms with van der Waals surface area (Å²) in [5, 5.41) is 4.51. The monoisotopic (exact) mass is 394 g/mol. The average molecular weight is 395 g/mol. The maximum atomic E-state index is 4.80. The van der Waals surface area contributed by atoms with Crippen LogP contribution in [0.1, 0.15) is 0 Å². The summed E-state index contributed by atoms with van der Waals surface area (Å²) in [6.07, 6.45) is 0. The van der Waals surface area contributed by atoms with Gasteiger partial charge in [-0.25, -0.2) is 9.98 Å². The standard InChI is InChI=1S/C24H14N2S2/c1-3-7-21-17(5-1)25-19-11-9-15(13-23(19)27-21)16-10-12-20-24(14-16)28-22-8-4-2-6-18(22)26-20/h1-14H. The highest BCUT2D eigenvalue weighted by Gasteiger charge is 2.12. The van der Waals surface area contributed by atoms with Crippen molar-refractivity contribution in [2.75, 3.05) is 0 Å².